The molecule has 1 saturated heterocycles. The maximum atomic E-state index is 14.5. The van der Waals surface area contributed by atoms with E-state index < -0.39 is 5.82 Å². The molecule has 1 aromatic heterocycles. The second-order valence-corrected chi connectivity index (χ2v) is 7.04. The fraction of sp³-hybridized carbons (Fsp3) is 0.182. The van der Waals surface area contributed by atoms with Crippen molar-refractivity contribution in [1.82, 2.24) is 14.5 Å². The van der Waals surface area contributed by atoms with Gasteiger partial charge in [0.1, 0.15) is 11.6 Å². The molecular weight excluding hydrogens is 387 g/mol. The highest BCUT2D eigenvalue weighted by Gasteiger charge is 2.28. The first kappa shape index (κ1) is 19.5. The molecule has 0 spiro atoms. The highest BCUT2D eigenvalue weighted by atomic mass is 19.1. The molecule has 3 aromatic rings. The van der Waals surface area contributed by atoms with Gasteiger partial charge in [-0.3, -0.25) is 19.3 Å². The van der Waals surface area contributed by atoms with E-state index in [9.17, 15) is 18.8 Å². The zero-order valence-electron chi connectivity index (χ0n) is 16.3. The van der Waals surface area contributed by atoms with Gasteiger partial charge in [0, 0.05) is 36.5 Å². The molecular formula is C22H19FN4O3. The summed E-state index contributed by atoms with van der Waals surface area (Å²) >= 11 is 0. The Bertz CT molecular complexity index is 1120. The minimum atomic E-state index is -0.482. The summed E-state index contributed by atoms with van der Waals surface area (Å²) in [6.45, 7) is 1.97. The summed E-state index contributed by atoms with van der Waals surface area (Å²) in [5, 5.41) is 2.67. The molecule has 1 fully saturated rings. The van der Waals surface area contributed by atoms with Gasteiger partial charge in [0.25, 0.3) is 5.91 Å². The number of carbonyl (C=O) groups excluding carboxylic acids is 3. The Kier molecular flexibility index (Phi) is 5.14. The molecule has 1 aliphatic rings. The fourth-order valence-electron chi connectivity index (χ4n) is 3.36. The molecule has 0 unspecified atom stereocenters. The number of amides is 3. The number of aromatic nitrogens is 2. The van der Waals surface area contributed by atoms with Crippen molar-refractivity contribution in [3.63, 3.8) is 0 Å². The van der Waals surface area contributed by atoms with Crippen LogP contribution in [0.1, 0.15) is 34.6 Å². The number of nitrogens with one attached hydrogen (secondary N) is 1. The van der Waals surface area contributed by atoms with Gasteiger partial charge in [0.05, 0.1) is 12.2 Å². The van der Waals surface area contributed by atoms with Gasteiger partial charge in [-0.25, -0.2) is 9.37 Å². The van der Waals surface area contributed by atoms with Gasteiger partial charge in [0.15, 0.2) is 0 Å². The lowest BCUT2D eigenvalue weighted by Crippen LogP contribution is -2.28. The Morgan fingerprint density at radius 2 is 1.80 bits per heavy atom. The van der Waals surface area contributed by atoms with Gasteiger partial charge in [-0.15, -0.1) is 0 Å². The summed E-state index contributed by atoms with van der Waals surface area (Å²) < 4.78 is 16.1. The van der Waals surface area contributed by atoms with Crippen LogP contribution in [0.5, 0.6) is 0 Å². The normalized spacial score (nSPS) is 13.7. The van der Waals surface area contributed by atoms with Gasteiger partial charge in [-0.2, -0.15) is 0 Å². The van der Waals surface area contributed by atoms with Crippen LogP contribution in [-0.4, -0.2) is 32.2 Å². The lowest BCUT2D eigenvalue weighted by atomic mass is 10.1. The number of hydrogen-bond donors (Lipinski definition) is 1. The third kappa shape index (κ3) is 3.84. The van der Waals surface area contributed by atoms with E-state index >= 15 is 0 Å². The Labute approximate surface area is 172 Å². The van der Waals surface area contributed by atoms with Crippen molar-refractivity contribution >= 4 is 23.4 Å². The molecule has 3 amide bonds. The predicted molar refractivity (Wildman–Crippen MR) is 107 cm³/mol. The van der Waals surface area contributed by atoms with Crippen molar-refractivity contribution in [1.29, 1.82) is 0 Å². The predicted octanol–water partition coefficient (Wildman–Crippen LogP) is 3.22. The number of imide groups is 1. The Balaban J connectivity index is 1.44. The summed E-state index contributed by atoms with van der Waals surface area (Å²) in [5.74, 6) is -0.579. The molecule has 0 radical (unpaired) electrons. The van der Waals surface area contributed by atoms with Crippen LogP contribution in [0.4, 0.5) is 10.1 Å². The average Bonchev–Trinajstić information content (AvgIpc) is 3.29. The second-order valence-electron chi connectivity index (χ2n) is 7.04. The minimum Gasteiger partial charge on any atom is -0.322 e. The monoisotopic (exact) mass is 406 g/mol. The third-order valence-electron chi connectivity index (χ3n) is 5.00. The van der Waals surface area contributed by atoms with Crippen LogP contribution in [0.25, 0.3) is 5.69 Å². The molecule has 0 aliphatic carbocycles. The highest BCUT2D eigenvalue weighted by molar-refractivity contribution is 6.04. The molecule has 8 heteroatoms. The van der Waals surface area contributed by atoms with Gasteiger partial charge in [0.2, 0.25) is 11.8 Å². The molecule has 0 saturated carbocycles. The minimum absolute atomic E-state index is 0.182. The molecule has 0 bridgehead atoms. The second kappa shape index (κ2) is 7.90. The van der Waals surface area contributed by atoms with Crippen LogP contribution in [0.3, 0.4) is 0 Å². The van der Waals surface area contributed by atoms with Crippen LogP contribution in [-0.2, 0) is 16.1 Å². The molecule has 1 N–H and O–H groups in total. The van der Waals surface area contributed by atoms with Gasteiger partial charge < -0.3 is 9.88 Å². The Morgan fingerprint density at radius 3 is 2.40 bits per heavy atom. The number of rotatable bonds is 5. The molecule has 7 nitrogen and oxygen atoms in total. The van der Waals surface area contributed by atoms with Crippen LogP contribution in [0, 0.1) is 12.7 Å². The quantitative estimate of drug-likeness (QED) is 0.660. The summed E-state index contributed by atoms with van der Waals surface area (Å²) in [5.41, 5.74) is 1.81. The Hall–Kier alpha value is -3.81. The first-order valence-corrected chi connectivity index (χ1v) is 9.46. The van der Waals surface area contributed by atoms with E-state index in [0.29, 0.717) is 22.8 Å². The van der Waals surface area contributed by atoms with E-state index in [2.05, 4.69) is 10.3 Å². The summed E-state index contributed by atoms with van der Waals surface area (Å²) in [6, 6.07) is 11.1. The maximum Gasteiger partial charge on any atom is 0.255 e. The molecule has 4 rings (SSSR count). The topological polar surface area (TPSA) is 84.3 Å². The van der Waals surface area contributed by atoms with Crippen molar-refractivity contribution in [2.24, 2.45) is 0 Å². The summed E-state index contributed by atoms with van der Waals surface area (Å²) in [7, 11) is 0. The Morgan fingerprint density at radius 1 is 1.10 bits per heavy atom. The molecule has 0 atom stereocenters. The number of anilines is 1. The molecule has 152 valence electrons. The van der Waals surface area contributed by atoms with Crippen molar-refractivity contribution in [2.75, 3.05) is 5.32 Å². The van der Waals surface area contributed by atoms with E-state index in [-0.39, 0.29) is 37.1 Å². The van der Waals surface area contributed by atoms with Crippen molar-refractivity contribution in [2.45, 2.75) is 26.3 Å². The molecule has 30 heavy (non-hydrogen) atoms. The van der Waals surface area contributed by atoms with Crippen LogP contribution < -0.4 is 5.32 Å². The van der Waals surface area contributed by atoms with Crippen LogP contribution >= 0.6 is 0 Å². The zero-order chi connectivity index (χ0) is 21.3. The van der Waals surface area contributed by atoms with E-state index in [0.717, 1.165) is 5.56 Å². The SMILES string of the molecule is Cc1nccn1-c1ccc(NC(=O)c2ccc(CN3C(=O)CCC3=O)cc2)cc1F. The van der Waals surface area contributed by atoms with Crippen molar-refractivity contribution < 1.29 is 18.8 Å². The number of carbonyl (C=O) groups is 3. The number of aryl methyl sites for hydroxylation is 1. The van der Waals surface area contributed by atoms with Gasteiger partial charge in [-0.05, 0) is 42.8 Å². The van der Waals surface area contributed by atoms with Crippen LogP contribution in [0.2, 0.25) is 0 Å². The summed E-state index contributed by atoms with van der Waals surface area (Å²) in [6.07, 6.45) is 3.74. The number of halogens is 1. The fourth-order valence-corrected chi connectivity index (χ4v) is 3.36. The van der Waals surface area contributed by atoms with E-state index in [1.54, 1.807) is 60.3 Å². The highest BCUT2D eigenvalue weighted by Crippen LogP contribution is 2.21. The standard InChI is InChI=1S/C22H19FN4O3/c1-14-24-10-11-26(14)19-7-6-17(12-18(19)23)25-22(30)16-4-2-15(3-5-16)13-27-20(28)8-9-21(27)29/h2-7,10-12H,8-9,13H2,1H3,(H,25,30). The average molecular weight is 406 g/mol. The maximum absolute atomic E-state index is 14.5. The molecule has 2 heterocycles. The van der Waals surface area contributed by atoms with E-state index in [4.69, 9.17) is 0 Å². The number of nitrogens with zero attached hydrogens (tertiary/aromatic N) is 3. The van der Waals surface area contributed by atoms with Gasteiger partial charge >= 0.3 is 0 Å². The summed E-state index contributed by atoms with van der Waals surface area (Å²) in [4.78, 5) is 41.2. The number of likely N-dealkylation sites (tertiary alicyclic amines) is 1. The van der Waals surface area contributed by atoms with Crippen LogP contribution in [0.15, 0.2) is 54.9 Å². The first-order chi connectivity index (χ1) is 14.4. The van der Waals surface area contributed by atoms with E-state index in [1.165, 1.54) is 11.0 Å². The van der Waals surface area contributed by atoms with Crippen molar-refractivity contribution in [3.8, 4) is 5.69 Å². The number of hydrogen-bond acceptors (Lipinski definition) is 4. The third-order valence-corrected chi connectivity index (χ3v) is 5.00. The molecule has 1 aliphatic heterocycles. The lowest BCUT2D eigenvalue weighted by Gasteiger charge is -2.14. The largest absolute Gasteiger partial charge is 0.322 e. The molecule has 2 aromatic carbocycles. The van der Waals surface area contributed by atoms with Gasteiger partial charge in [-0.1, -0.05) is 12.1 Å². The first-order valence-electron chi connectivity index (χ1n) is 9.46. The van der Waals surface area contributed by atoms with Crippen molar-refractivity contribution in [3.05, 3.63) is 77.6 Å². The lowest BCUT2D eigenvalue weighted by molar-refractivity contribution is -0.139. The number of benzene rings is 2. The smallest absolute Gasteiger partial charge is 0.255 e. The van der Waals surface area contributed by atoms with E-state index in [1.807, 2.05) is 0 Å². The zero-order valence-corrected chi connectivity index (χ0v) is 16.3. The number of imidazole rings is 1.